The van der Waals surface area contributed by atoms with Gasteiger partial charge in [-0.15, -0.1) is 13.2 Å². The summed E-state index contributed by atoms with van der Waals surface area (Å²) in [5.41, 5.74) is -0.269. The number of halogens is 1. The number of benzene rings is 2. The van der Waals surface area contributed by atoms with E-state index in [1.54, 1.807) is 28.0 Å². The number of likely N-dealkylation sites (tertiary alicyclic amines) is 1. The van der Waals surface area contributed by atoms with Crippen molar-refractivity contribution >= 4 is 40.7 Å². The summed E-state index contributed by atoms with van der Waals surface area (Å²) < 4.78 is 6.96. The number of fused-ring (bicyclic) bond motifs is 1. The number of carbonyl (C=O) groups is 3. The zero-order valence-corrected chi connectivity index (χ0v) is 26.7. The van der Waals surface area contributed by atoms with Gasteiger partial charge in [0, 0.05) is 18.8 Å². The van der Waals surface area contributed by atoms with Gasteiger partial charge >= 0.3 is 0 Å². The number of para-hydroxylation sites is 2. The molecule has 3 saturated heterocycles. The first-order valence-electron chi connectivity index (χ1n) is 15.3. The minimum Gasteiger partial charge on any atom is -0.394 e. The molecule has 3 amide bonds. The van der Waals surface area contributed by atoms with Crippen LogP contribution in [0.4, 0.5) is 11.4 Å². The van der Waals surface area contributed by atoms with Crippen molar-refractivity contribution in [3.63, 3.8) is 0 Å². The molecule has 3 heterocycles. The molecular formula is C35H42ClN3O5. The number of anilines is 2. The SMILES string of the molecule is C=CCN(C(=O)[C@H]1[C@H]2C(=O)N([C@@H](CC)CO)C(C(=O)N(CC=C)c3c(C)cccc3Cl)C23CC(C)[C@]1(C)O3)c1ccccc1. The molecule has 3 unspecified atom stereocenters. The van der Waals surface area contributed by atoms with E-state index in [1.807, 2.05) is 70.2 Å². The lowest BCUT2D eigenvalue weighted by molar-refractivity contribution is -0.149. The Balaban J connectivity index is 1.68. The third kappa shape index (κ3) is 4.70. The minimum atomic E-state index is -1.28. The fourth-order valence-corrected chi connectivity index (χ4v) is 8.22. The Morgan fingerprint density at radius 1 is 1.11 bits per heavy atom. The van der Waals surface area contributed by atoms with Gasteiger partial charge in [-0.25, -0.2) is 0 Å². The molecule has 1 N–H and O–H groups in total. The zero-order chi connectivity index (χ0) is 32.0. The summed E-state index contributed by atoms with van der Waals surface area (Å²) >= 11 is 6.68. The van der Waals surface area contributed by atoms with Crippen molar-refractivity contribution in [1.82, 2.24) is 4.90 Å². The van der Waals surface area contributed by atoms with Gasteiger partial charge in [0.25, 0.3) is 5.91 Å². The average molecular weight is 620 g/mol. The van der Waals surface area contributed by atoms with Crippen molar-refractivity contribution in [3.8, 4) is 0 Å². The van der Waals surface area contributed by atoms with E-state index in [0.29, 0.717) is 29.2 Å². The highest BCUT2D eigenvalue weighted by Crippen LogP contribution is 2.66. The molecule has 0 saturated carbocycles. The van der Waals surface area contributed by atoms with Crippen LogP contribution in [0.3, 0.4) is 0 Å². The molecule has 234 valence electrons. The lowest BCUT2D eigenvalue weighted by Gasteiger charge is -2.39. The predicted molar refractivity (Wildman–Crippen MR) is 173 cm³/mol. The largest absolute Gasteiger partial charge is 0.394 e. The Hall–Kier alpha value is -3.46. The monoisotopic (exact) mass is 619 g/mol. The maximum Gasteiger partial charge on any atom is 0.253 e. The molecule has 3 aliphatic rings. The van der Waals surface area contributed by atoms with Gasteiger partial charge in [0.1, 0.15) is 11.6 Å². The van der Waals surface area contributed by atoms with Crippen LogP contribution >= 0.6 is 11.6 Å². The first kappa shape index (κ1) is 31.9. The molecule has 2 bridgehead atoms. The van der Waals surface area contributed by atoms with Crippen molar-refractivity contribution in [3.05, 3.63) is 84.4 Å². The smallest absolute Gasteiger partial charge is 0.253 e. The van der Waals surface area contributed by atoms with Crippen molar-refractivity contribution in [1.29, 1.82) is 0 Å². The van der Waals surface area contributed by atoms with Crippen LogP contribution in [-0.4, -0.2) is 70.7 Å². The summed E-state index contributed by atoms with van der Waals surface area (Å²) in [5, 5.41) is 10.9. The van der Waals surface area contributed by atoms with Gasteiger partial charge in [-0.2, -0.15) is 0 Å². The molecule has 5 rings (SSSR count). The summed E-state index contributed by atoms with van der Waals surface area (Å²) in [5.74, 6) is -2.88. The van der Waals surface area contributed by atoms with E-state index in [2.05, 4.69) is 13.2 Å². The number of aryl methyl sites for hydroxylation is 1. The second kappa shape index (κ2) is 12.1. The predicted octanol–water partition coefficient (Wildman–Crippen LogP) is 5.17. The van der Waals surface area contributed by atoms with Gasteiger partial charge in [0.05, 0.1) is 40.8 Å². The van der Waals surface area contributed by atoms with Crippen molar-refractivity contribution in [2.45, 2.75) is 63.8 Å². The van der Waals surface area contributed by atoms with E-state index < -0.39 is 35.1 Å². The van der Waals surface area contributed by atoms with Crippen LogP contribution in [0, 0.1) is 24.7 Å². The molecule has 7 atom stereocenters. The first-order valence-corrected chi connectivity index (χ1v) is 15.7. The summed E-state index contributed by atoms with van der Waals surface area (Å²) in [6.07, 6.45) is 4.11. The van der Waals surface area contributed by atoms with Gasteiger partial charge in [0.2, 0.25) is 11.8 Å². The first-order chi connectivity index (χ1) is 21.0. The van der Waals surface area contributed by atoms with Gasteiger partial charge in [-0.05, 0) is 56.4 Å². The molecular weight excluding hydrogens is 578 g/mol. The molecule has 3 aliphatic heterocycles. The van der Waals surface area contributed by atoms with E-state index in [9.17, 15) is 19.5 Å². The molecule has 1 spiro atoms. The Kier molecular flexibility index (Phi) is 8.82. The number of amides is 3. The molecule has 44 heavy (non-hydrogen) atoms. The number of nitrogens with zero attached hydrogens (tertiary/aromatic N) is 3. The topological polar surface area (TPSA) is 90.4 Å². The molecule has 3 fully saturated rings. The standard InChI is InChI=1S/C35H42ClN3O5/c1-7-18-37(25-15-11-10-12-16-25)31(41)27-28-32(42)39(24(9-3)21-40)30(35(28)20-23(5)34(27,6)44-35)33(43)38(19-8-2)29-22(4)14-13-17-26(29)36/h7-8,10-17,23-24,27-28,30,40H,1-2,9,18-21H2,3-6H3/t23?,24-,27+,28-,30?,34-,35?/m0/s1. The average Bonchev–Trinajstić information content (AvgIpc) is 3.52. The molecule has 0 aromatic heterocycles. The summed E-state index contributed by atoms with van der Waals surface area (Å²) in [7, 11) is 0. The zero-order valence-electron chi connectivity index (χ0n) is 25.9. The number of carbonyl (C=O) groups excluding carboxylic acids is 3. The van der Waals surface area contributed by atoms with Gasteiger partial charge in [-0.3, -0.25) is 14.4 Å². The second-order valence-electron chi connectivity index (χ2n) is 12.4. The molecule has 9 heteroatoms. The molecule has 0 aliphatic carbocycles. The van der Waals surface area contributed by atoms with Crippen LogP contribution in [0.1, 0.15) is 39.2 Å². The highest BCUT2D eigenvalue weighted by atomic mass is 35.5. The van der Waals surface area contributed by atoms with Crippen LogP contribution < -0.4 is 9.80 Å². The Morgan fingerprint density at radius 2 is 1.77 bits per heavy atom. The van der Waals surface area contributed by atoms with Crippen LogP contribution in [0.2, 0.25) is 5.02 Å². The third-order valence-corrected chi connectivity index (χ3v) is 10.3. The lowest BCUT2D eigenvalue weighted by Crippen LogP contribution is -2.59. The van der Waals surface area contributed by atoms with Gasteiger partial charge < -0.3 is 24.5 Å². The lowest BCUT2D eigenvalue weighted by atomic mass is 9.62. The summed E-state index contributed by atoms with van der Waals surface area (Å²) in [6, 6.07) is 13.0. The van der Waals surface area contributed by atoms with Crippen LogP contribution in [0.15, 0.2) is 73.8 Å². The second-order valence-corrected chi connectivity index (χ2v) is 12.8. The minimum absolute atomic E-state index is 0.138. The highest BCUT2D eigenvalue weighted by molar-refractivity contribution is 6.34. The number of aliphatic hydroxyl groups is 1. The van der Waals surface area contributed by atoms with Crippen LogP contribution in [-0.2, 0) is 19.1 Å². The third-order valence-electron chi connectivity index (χ3n) is 10.0. The fraction of sp³-hybridized carbons (Fsp3) is 0.457. The van der Waals surface area contributed by atoms with Crippen molar-refractivity contribution in [2.24, 2.45) is 17.8 Å². The van der Waals surface area contributed by atoms with E-state index in [4.69, 9.17) is 16.3 Å². The van der Waals surface area contributed by atoms with Crippen molar-refractivity contribution < 1.29 is 24.2 Å². The van der Waals surface area contributed by atoms with E-state index in [-0.39, 0.29) is 43.3 Å². The Morgan fingerprint density at radius 3 is 2.36 bits per heavy atom. The number of hydrogen-bond acceptors (Lipinski definition) is 5. The molecule has 0 radical (unpaired) electrons. The van der Waals surface area contributed by atoms with Crippen LogP contribution in [0.25, 0.3) is 0 Å². The number of ether oxygens (including phenoxy) is 1. The van der Waals surface area contributed by atoms with Crippen molar-refractivity contribution in [2.75, 3.05) is 29.5 Å². The maximum absolute atomic E-state index is 15.0. The Bertz CT molecular complexity index is 1440. The number of hydrogen-bond donors (Lipinski definition) is 1. The number of aliphatic hydroxyl groups excluding tert-OH is 1. The Labute approximate surface area is 264 Å². The van der Waals surface area contributed by atoms with Gasteiger partial charge in [0.15, 0.2) is 0 Å². The summed E-state index contributed by atoms with van der Waals surface area (Å²) in [4.78, 5) is 49.0. The fourth-order valence-electron chi connectivity index (χ4n) is 7.90. The molecule has 8 nitrogen and oxygen atoms in total. The molecule has 2 aromatic carbocycles. The normalized spacial score (nSPS) is 29.3. The van der Waals surface area contributed by atoms with E-state index >= 15 is 0 Å². The molecule has 2 aromatic rings. The quantitative estimate of drug-likeness (QED) is 0.351. The highest BCUT2D eigenvalue weighted by Gasteiger charge is 2.80. The van der Waals surface area contributed by atoms with Crippen LogP contribution in [0.5, 0.6) is 0 Å². The number of rotatable bonds is 11. The summed E-state index contributed by atoms with van der Waals surface area (Å²) in [6.45, 7) is 15.5. The maximum atomic E-state index is 15.0. The van der Waals surface area contributed by atoms with E-state index in [1.165, 1.54) is 4.90 Å². The van der Waals surface area contributed by atoms with E-state index in [0.717, 1.165) is 5.56 Å². The van der Waals surface area contributed by atoms with Gasteiger partial charge in [-0.1, -0.05) is 67.9 Å².